The zero-order valence-corrected chi connectivity index (χ0v) is 26.0. The molecule has 5 heteroatoms. The molecule has 0 spiro atoms. The minimum atomic E-state index is -0.0966. The van der Waals surface area contributed by atoms with Crippen LogP contribution in [-0.4, -0.2) is 24.1 Å². The van der Waals surface area contributed by atoms with Crippen molar-refractivity contribution in [2.45, 2.75) is 19.3 Å². The fourth-order valence-electron chi connectivity index (χ4n) is 7.79. The van der Waals surface area contributed by atoms with E-state index >= 15 is 0 Å². The van der Waals surface area contributed by atoms with E-state index in [1.54, 1.807) is 0 Å². The molecule has 0 saturated heterocycles. The van der Waals surface area contributed by atoms with Crippen molar-refractivity contribution in [2.24, 2.45) is 0 Å². The zero-order valence-electron chi connectivity index (χ0n) is 26.0. The third-order valence-corrected chi connectivity index (χ3v) is 10.00. The Balaban J connectivity index is 1.33. The van der Waals surface area contributed by atoms with Gasteiger partial charge >= 0.3 is 0 Å². The Bertz CT molecular complexity index is 2660. The Morgan fingerprint density at radius 2 is 0.936 bits per heavy atom. The maximum absolute atomic E-state index is 5.31. The van der Waals surface area contributed by atoms with Gasteiger partial charge < -0.3 is 0 Å². The number of aromatic nitrogens is 5. The highest BCUT2D eigenvalue weighted by Crippen LogP contribution is 2.50. The van der Waals surface area contributed by atoms with Crippen LogP contribution in [0, 0.1) is 0 Å². The first-order valence-electron chi connectivity index (χ1n) is 16.1. The Morgan fingerprint density at radius 1 is 0.426 bits per heavy atom. The van der Waals surface area contributed by atoms with Gasteiger partial charge in [0, 0.05) is 32.5 Å². The molecule has 0 N–H and O–H groups in total. The standard InChI is InChI=1S/C42H29N5/c1-42(2)33-20-10-6-16-27(33)31-25-38-32(24-34(31)42)30-19-9-13-23-37(30)47(38)41-44-39(26-14-4-3-5-15-26)43-40(45-41)46-35-21-11-7-17-28(35)29-18-8-12-22-36(29)46/h3-25H,1-2H3. The van der Waals surface area contributed by atoms with Gasteiger partial charge in [0.05, 0.1) is 22.1 Å². The van der Waals surface area contributed by atoms with Crippen LogP contribution in [0.3, 0.4) is 0 Å². The number of benzene rings is 6. The van der Waals surface area contributed by atoms with Crippen molar-refractivity contribution in [3.05, 3.63) is 151 Å². The van der Waals surface area contributed by atoms with Crippen molar-refractivity contribution < 1.29 is 0 Å². The molecule has 0 saturated carbocycles. The number of para-hydroxylation sites is 3. The summed E-state index contributed by atoms with van der Waals surface area (Å²) in [6.45, 7) is 4.66. The maximum atomic E-state index is 5.31. The van der Waals surface area contributed by atoms with Crippen LogP contribution < -0.4 is 0 Å². The first-order valence-corrected chi connectivity index (χ1v) is 16.1. The fourth-order valence-corrected chi connectivity index (χ4v) is 7.79. The number of rotatable bonds is 3. The molecule has 0 amide bonds. The van der Waals surface area contributed by atoms with Crippen LogP contribution >= 0.6 is 0 Å². The molecule has 47 heavy (non-hydrogen) atoms. The second-order valence-corrected chi connectivity index (χ2v) is 12.9. The van der Waals surface area contributed by atoms with E-state index in [1.165, 1.54) is 43.8 Å². The Kier molecular flexibility index (Phi) is 5.28. The zero-order chi connectivity index (χ0) is 31.3. The van der Waals surface area contributed by atoms with Gasteiger partial charge in [-0.1, -0.05) is 123 Å². The smallest absolute Gasteiger partial charge is 0.240 e. The monoisotopic (exact) mass is 603 g/mol. The molecule has 1 aliphatic rings. The number of hydrogen-bond acceptors (Lipinski definition) is 3. The fraction of sp³-hybridized carbons (Fsp3) is 0.0714. The van der Waals surface area contributed by atoms with Gasteiger partial charge in [-0.2, -0.15) is 15.0 Å². The predicted molar refractivity (Wildman–Crippen MR) is 192 cm³/mol. The Labute approximate surface area is 271 Å². The highest BCUT2D eigenvalue weighted by Gasteiger charge is 2.36. The molecule has 0 fully saturated rings. The van der Waals surface area contributed by atoms with Gasteiger partial charge in [-0.3, -0.25) is 9.13 Å². The summed E-state index contributed by atoms with van der Waals surface area (Å²) in [5, 5.41) is 4.71. The summed E-state index contributed by atoms with van der Waals surface area (Å²) >= 11 is 0. The number of hydrogen-bond donors (Lipinski definition) is 0. The largest absolute Gasteiger partial charge is 0.278 e. The molecular formula is C42H29N5. The Morgan fingerprint density at radius 3 is 1.57 bits per heavy atom. The van der Waals surface area contributed by atoms with E-state index in [0.29, 0.717) is 17.7 Å². The van der Waals surface area contributed by atoms with Crippen molar-refractivity contribution in [3.63, 3.8) is 0 Å². The average Bonchev–Trinajstić information content (AvgIpc) is 3.71. The minimum Gasteiger partial charge on any atom is -0.278 e. The van der Waals surface area contributed by atoms with E-state index in [9.17, 15) is 0 Å². The molecule has 9 aromatic rings. The lowest BCUT2D eigenvalue weighted by Gasteiger charge is -2.21. The lowest BCUT2D eigenvalue weighted by atomic mass is 9.82. The summed E-state index contributed by atoms with van der Waals surface area (Å²) in [7, 11) is 0. The summed E-state index contributed by atoms with van der Waals surface area (Å²) in [5.41, 5.74) is 10.4. The van der Waals surface area contributed by atoms with E-state index in [2.05, 4.69) is 144 Å². The molecule has 6 aromatic carbocycles. The van der Waals surface area contributed by atoms with Crippen molar-refractivity contribution in [1.82, 2.24) is 24.1 Å². The van der Waals surface area contributed by atoms with Crippen LogP contribution in [0.2, 0.25) is 0 Å². The molecular weight excluding hydrogens is 574 g/mol. The molecule has 0 atom stereocenters. The van der Waals surface area contributed by atoms with Gasteiger partial charge in [0.1, 0.15) is 0 Å². The third-order valence-electron chi connectivity index (χ3n) is 10.00. The molecule has 0 bridgehead atoms. The van der Waals surface area contributed by atoms with Crippen LogP contribution in [0.15, 0.2) is 140 Å². The van der Waals surface area contributed by atoms with Gasteiger partial charge in [0.15, 0.2) is 5.82 Å². The van der Waals surface area contributed by atoms with Gasteiger partial charge in [-0.15, -0.1) is 0 Å². The lowest BCUT2D eigenvalue weighted by molar-refractivity contribution is 0.661. The quantitative estimate of drug-likeness (QED) is 0.202. The van der Waals surface area contributed by atoms with Gasteiger partial charge in [-0.05, 0) is 52.6 Å². The average molecular weight is 604 g/mol. The van der Waals surface area contributed by atoms with Crippen LogP contribution in [0.1, 0.15) is 25.0 Å². The third kappa shape index (κ3) is 3.62. The van der Waals surface area contributed by atoms with Crippen molar-refractivity contribution in [1.29, 1.82) is 0 Å². The van der Waals surface area contributed by atoms with Gasteiger partial charge in [0.25, 0.3) is 0 Å². The number of fused-ring (bicyclic) bond motifs is 9. The maximum Gasteiger partial charge on any atom is 0.240 e. The first kappa shape index (κ1) is 26.2. The molecule has 10 rings (SSSR count). The highest BCUT2D eigenvalue weighted by molar-refractivity contribution is 6.11. The van der Waals surface area contributed by atoms with Crippen LogP contribution in [0.4, 0.5) is 0 Å². The SMILES string of the molecule is CC1(C)c2ccccc2-c2cc3c(cc21)c1ccccc1n3-c1nc(-c2ccccc2)nc(-n2c3ccccc3c3ccccc32)n1. The lowest BCUT2D eigenvalue weighted by Crippen LogP contribution is -2.14. The molecule has 3 aromatic heterocycles. The van der Waals surface area contributed by atoms with Crippen LogP contribution in [0.5, 0.6) is 0 Å². The summed E-state index contributed by atoms with van der Waals surface area (Å²) in [6.07, 6.45) is 0. The Hall–Kier alpha value is -6.07. The molecule has 1 aliphatic carbocycles. The van der Waals surface area contributed by atoms with Crippen molar-refractivity contribution in [2.75, 3.05) is 0 Å². The van der Waals surface area contributed by atoms with E-state index in [0.717, 1.165) is 27.6 Å². The number of nitrogens with zero attached hydrogens (tertiary/aromatic N) is 5. The van der Waals surface area contributed by atoms with Crippen LogP contribution in [-0.2, 0) is 5.41 Å². The minimum absolute atomic E-state index is 0.0966. The van der Waals surface area contributed by atoms with Crippen molar-refractivity contribution >= 4 is 43.6 Å². The second kappa shape index (κ2) is 9.47. The van der Waals surface area contributed by atoms with Gasteiger partial charge in [0.2, 0.25) is 11.9 Å². The van der Waals surface area contributed by atoms with Gasteiger partial charge in [-0.25, -0.2) is 0 Å². The van der Waals surface area contributed by atoms with E-state index in [4.69, 9.17) is 15.0 Å². The molecule has 3 heterocycles. The molecule has 5 nitrogen and oxygen atoms in total. The first-order chi connectivity index (χ1) is 23.1. The molecule has 0 radical (unpaired) electrons. The predicted octanol–water partition coefficient (Wildman–Crippen LogP) is 10.0. The molecule has 222 valence electrons. The summed E-state index contributed by atoms with van der Waals surface area (Å²) in [6, 6.07) is 49.3. The molecule has 0 unspecified atom stereocenters. The second-order valence-electron chi connectivity index (χ2n) is 12.9. The van der Waals surface area contributed by atoms with Crippen LogP contribution in [0.25, 0.3) is 78.0 Å². The summed E-state index contributed by atoms with van der Waals surface area (Å²) in [5.74, 6) is 1.81. The summed E-state index contributed by atoms with van der Waals surface area (Å²) in [4.78, 5) is 15.7. The molecule has 0 aliphatic heterocycles. The van der Waals surface area contributed by atoms with E-state index < -0.39 is 0 Å². The highest BCUT2D eigenvalue weighted by atomic mass is 15.3. The van der Waals surface area contributed by atoms with Crippen molar-refractivity contribution in [3.8, 4) is 34.4 Å². The topological polar surface area (TPSA) is 48.5 Å². The normalized spacial score (nSPS) is 13.5. The summed E-state index contributed by atoms with van der Waals surface area (Å²) < 4.78 is 4.40. The van der Waals surface area contributed by atoms with E-state index in [1.807, 2.05) is 18.2 Å². The van der Waals surface area contributed by atoms with E-state index in [-0.39, 0.29) is 5.41 Å².